The van der Waals surface area contributed by atoms with Crippen LogP contribution in [0.15, 0.2) is 30.3 Å². The van der Waals surface area contributed by atoms with Gasteiger partial charge in [0.2, 0.25) is 0 Å². The van der Waals surface area contributed by atoms with Gasteiger partial charge in [-0.3, -0.25) is 0 Å². The highest BCUT2D eigenvalue weighted by Gasteiger charge is 2.41. The van der Waals surface area contributed by atoms with Gasteiger partial charge < -0.3 is 23.7 Å². The average molecular weight is 407 g/mol. The minimum absolute atomic E-state index is 0.0554. The van der Waals surface area contributed by atoms with Gasteiger partial charge >= 0.3 is 0 Å². The van der Waals surface area contributed by atoms with Crippen LogP contribution in [-0.2, 0) is 10.1 Å². The van der Waals surface area contributed by atoms with Crippen LogP contribution in [0.25, 0.3) is 0 Å². The predicted molar refractivity (Wildman–Crippen MR) is 96.2 cm³/mol. The van der Waals surface area contributed by atoms with Crippen molar-refractivity contribution in [1.82, 2.24) is 0 Å². The minimum Gasteiger partial charge on any atom is -0.497 e. The van der Waals surface area contributed by atoms with E-state index in [1.54, 1.807) is 14.2 Å². The first-order chi connectivity index (χ1) is 12.3. The molecule has 2 atom stereocenters. The van der Waals surface area contributed by atoms with Crippen LogP contribution in [0.4, 0.5) is 0 Å². The Kier molecular flexibility index (Phi) is 4.48. The number of rotatable bonds is 5. The molecule has 0 aliphatic carbocycles. The van der Waals surface area contributed by atoms with Gasteiger partial charge in [0.25, 0.3) is 0 Å². The summed E-state index contributed by atoms with van der Waals surface area (Å²) >= 11 is 3.54. The topological polar surface area (TPSA) is 46.2 Å². The lowest BCUT2D eigenvalue weighted by Gasteiger charge is -2.30. The molecule has 6 heteroatoms. The Balaban J connectivity index is 1.71. The molecule has 0 aromatic heterocycles. The third kappa shape index (κ3) is 2.73. The molecule has 25 heavy (non-hydrogen) atoms. The summed E-state index contributed by atoms with van der Waals surface area (Å²) < 4.78 is 28.4. The lowest BCUT2D eigenvalue weighted by atomic mass is 9.88. The van der Waals surface area contributed by atoms with Crippen LogP contribution in [-0.4, -0.2) is 27.6 Å². The number of alkyl halides is 1. The van der Waals surface area contributed by atoms with E-state index in [9.17, 15) is 0 Å². The first-order valence-electron chi connectivity index (χ1n) is 8.07. The average Bonchev–Trinajstić information content (AvgIpc) is 3.03. The molecule has 0 saturated carbocycles. The number of halogens is 1. The number of ether oxygens (including phenoxy) is 5. The van der Waals surface area contributed by atoms with E-state index in [-0.39, 0.29) is 18.8 Å². The van der Waals surface area contributed by atoms with Crippen LogP contribution in [0.2, 0.25) is 0 Å². The fourth-order valence-electron chi connectivity index (χ4n) is 3.47. The lowest BCUT2D eigenvalue weighted by molar-refractivity contribution is 0.0500. The summed E-state index contributed by atoms with van der Waals surface area (Å²) in [6.07, 6.45) is -0.0554. The molecule has 5 nitrogen and oxygen atoms in total. The Morgan fingerprint density at radius 2 is 2.00 bits per heavy atom. The van der Waals surface area contributed by atoms with E-state index in [2.05, 4.69) is 22.0 Å². The number of hydrogen-bond acceptors (Lipinski definition) is 5. The summed E-state index contributed by atoms with van der Waals surface area (Å²) in [5, 5.41) is 0.632. The molecule has 0 amide bonds. The first kappa shape index (κ1) is 16.5. The molecule has 2 aliphatic rings. The molecule has 2 aliphatic heterocycles. The normalized spacial score (nSPS) is 20.0. The van der Waals surface area contributed by atoms with Crippen LogP contribution in [0.3, 0.4) is 0 Å². The Morgan fingerprint density at radius 1 is 1.16 bits per heavy atom. The van der Waals surface area contributed by atoms with Gasteiger partial charge in [0.05, 0.1) is 19.6 Å². The molecule has 4 rings (SSSR count). The Hall–Kier alpha value is -1.92. The summed E-state index contributed by atoms with van der Waals surface area (Å²) in [5.74, 6) is 3.44. The maximum absolute atomic E-state index is 6.26. The van der Waals surface area contributed by atoms with Gasteiger partial charge in [0.15, 0.2) is 6.79 Å². The second-order valence-electron chi connectivity index (χ2n) is 6.00. The van der Waals surface area contributed by atoms with Gasteiger partial charge in [-0.15, -0.1) is 0 Å². The van der Waals surface area contributed by atoms with E-state index in [0.717, 1.165) is 39.7 Å². The molecule has 132 valence electrons. The van der Waals surface area contributed by atoms with Crippen molar-refractivity contribution in [3.8, 4) is 23.0 Å². The van der Waals surface area contributed by atoms with Crippen molar-refractivity contribution in [1.29, 1.82) is 0 Å². The molecule has 0 radical (unpaired) electrons. The zero-order valence-corrected chi connectivity index (χ0v) is 15.7. The lowest BCUT2D eigenvalue weighted by Crippen LogP contribution is -2.24. The SMILES string of the molecule is COCOc1ccc2c(c1CBr)OC[C@@H]1c3ccc(OC)cc3O[C@H]21. The fraction of sp³-hybridized carbons (Fsp3) is 0.368. The summed E-state index contributed by atoms with van der Waals surface area (Å²) in [5.41, 5.74) is 3.19. The predicted octanol–water partition coefficient (Wildman–Crippen LogP) is 4.18. The van der Waals surface area contributed by atoms with Gasteiger partial charge in [-0.2, -0.15) is 0 Å². The molecular weight excluding hydrogens is 388 g/mol. The number of benzene rings is 2. The number of fused-ring (bicyclic) bond motifs is 5. The third-order valence-corrected chi connectivity index (χ3v) is 5.23. The van der Waals surface area contributed by atoms with Crippen LogP contribution >= 0.6 is 15.9 Å². The summed E-state index contributed by atoms with van der Waals surface area (Å²) in [6, 6.07) is 9.94. The van der Waals surface area contributed by atoms with Gasteiger partial charge in [-0.25, -0.2) is 0 Å². The molecule has 0 spiro atoms. The van der Waals surface area contributed by atoms with Crippen LogP contribution in [0.5, 0.6) is 23.0 Å². The van der Waals surface area contributed by atoms with E-state index in [4.69, 9.17) is 23.7 Å². The van der Waals surface area contributed by atoms with Crippen molar-refractivity contribution >= 4 is 15.9 Å². The highest BCUT2D eigenvalue weighted by molar-refractivity contribution is 9.08. The third-order valence-electron chi connectivity index (χ3n) is 4.67. The molecule has 2 aromatic rings. The van der Waals surface area contributed by atoms with E-state index in [1.165, 1.54) is 0 Å². The standard InChI is InChI=1S/C19H19BrO5/c1-21-10-24-16-6-5-13-18(14(16)8-20)23-9-15-12-4-3-11(22-2)7-17(12)25-19(13)15/h3-7,15,19H,8-10H2,1-2H3/t15-,19-/m1/s1. The van der Waals surface area contributed by atoms with Crippen molar-refractivity contribution in [3.63, 3.8) is 0 Å². The van der Waals surface area contributed by atoms with Gasteiger partial charge in [-0.05, 0) is 18.2 Å². The fourth-order valence-corrected chi connectivity index (χ4v) is 4.00. The molecule has 2 heterocycles. The van der Waals surface area contributed by atoms with E-state index in [0.29, 0.717) is 11.9 Å². The van der Waals surface area contributed by atoms with Gasteiger partial charge in [0, 0.05) is 35.2 Å². The monoisotopic (exact) mass is 406 g/mol. The van der Waals surface area contributed by atoms with Crippen LogP contribution in [0, 0.1) is 0 Å². The molecule has 0 N–H and O–H groups in total. The number of methoxy groups -OCH3 is 2. The molecule has 0 saturated heterocycles. The second kappa shape index (κ2) is 6.77. The van der Waals surface area contributed by atoms with Crippen molar-refractivity contribution in [2.75, 3.05) is 27.6 Å². The van der Waals surface area contributed by atoms with Crippen molar-refractivity contribution < 1.29 is 23.7 Å². The molecular formula is C19H19BrO5. The highest BCUT2D eigenvalue weighted by Crippen LogP contribution is 2.53. The summed E-state index contributed by atoms with van der Waals surface area (Å²) in [7, 11) is 3.26. The second-order valence-corrected chi connectivity index (χ2v) is 6.57. The molecule has 0 unspecified atom stereocenters. The zero-order chi connectivity index (χ0) is 17.4. The summed E-state index contributed by atoms with van der Waals surface area (Å²) in [4.78, 5) is 0. The zero-order valence-electron chi connectivity index (χ0n) is 14.1. The van der Waals surface area contributed by atoms with E-state index in [1.807, 2.05) is 24.3 Å². The van der Waals surface area contributed by atoms with Crippen LogP contribution in [0.1, 0.15) is 28.7 Å². The van der Waals surface area contributed by atoms with E-state index < -0.39 is 0 Å². The molecule has 2 aromatic carbocycles. The molecule has 0 fully saturated rings. The number of hydrogen-bond donors (Lipinski definition) is 0. The smallest absolute Gasteiger partial charge is 0.188 e. The van der Waals surface area contributed by atoms with Crippen molar-refractivity contribution in [2.24, 2.45) is 0 Å². The molecule has 0 bridgehead atoms. The first-order valence-corrected chi connectivity index (χ1v) is 9.19. The van der Waals surface area contributed by atoms with Crippen molar-refractivity contribution in [2.45, 2.75) is 17.4 Å². The summed E-state index contributed by atoms with van der Waals surface area (Å²) in [6.45, 7) is 0.775. The quantitative estimate of drug-likeness (QED) is 0.550. The Morgan fingerprint density at radius 3 is 2.76 bits per heavy atom. The van der Waals surface area contributed by atoms with Crippen LogP contribution < -0.4 is 18.9 Å². The maximum Gasteiger partial charge on any atom is 0.188 e. The van der Waals surface area contributed by atoms with Gasteiger partial charge in [0.1, 0.15) is 29.1 Å². The minimum atomic E-state index is -0.0554. The highest BCUT2D eigenvalue weighted by atomic mass is 79.9. The van der Waals surface area contributed by atoms with Crippen molar-refractivity contribution in [3.05, 3.63) is 47.0 Å². The maximum atomic E-state index is 6.26. The largest absolute Gasteiger partial charge is 0.497 e. The Labute approximate surface area is 154 Å². The van der Waals surface area contributed by atoms with Gasteiger partial charge in [-0.1, -0.05) is 22.0 Å². The Bertz CT molecular complexity index is 792. The van der Waals surface area contributed by atoms with E-state index >= 15 is 0 Å².